The molecule has 1 unspecified atom stereocenters. The molecule has 0 aliphatic heterocycles. The lowest BCUT2D eigenvalue weighted by atomic mass is 10.0. The van der Waals surface area contributed by atoms with Crippen LogP contribution < -0.4 is 5.32 Å². The van der Waals surface area contributed by atoms with Crippen LogP contribution in [0.25, 0.3) is 0 Å². The van der Waals surface area contributed by atoms with Crippen LogP contribution in [0, 0.1) is 6.92 Å². The summed E-state index contributed by atoms with van der Waals surface area (Å²) in [6, 6.07) is 11.7. The zero-order valence-corrected chi connectivity index (χ0v) is 14.8. The summed E-state index contributed by atoms with van der Waals surface area (Å²) in [6.45, 7) is 7.51. The van der Waals surface area contributed by atoms with Gasteiger partial charge in [0.05, 0.1) is 3.79 Å². The Morgan fingerprint density at radius 2 is 1.80 bits per heavy atom. The van der Waals surface area contributed by atoms with Crippen molar-refractivity contribution in [3.63, 3.8) is 0 Å². The molecule has 0 aliphatic rings. The molecule has 0 amide bonds. The highest BCUT2D eigenvalue weighted by Gasteiger charge is 2.15. The standard InChI is InChI=1S/C17H22BrNS/c1-4-13-6-8-14(9-7-13)11-15(19-5-2)16-10-12(3)17(18)20-16/h6-10,15,19H,4-5,11H2,1-3H3. The van der Waals surface area contributed by atoms with Crippen molar-refractivity contribution in [2.24, 2.45) is 0 Å². The van der Waals surface area contributed by atoms with E-state index in [4.69, 9.17) is 0 Å². The summed E-state index contributed by atoms with van der Waals surface area (Å²) in [5, 5.41) is 3.61. The molecule has 108 valence electrons. The fourth-order valence-corrected chi connectivity index (χ4v) is 3.97. The van der Waals surface area contributed by atoms with Crippen molar-refractivity contribution >= 4 is 27.3 Å². The number of thiophene rings is 1. The molecule has 2 rings (SSSR count). The van der Waals surface area contributed by atoms with Crippen LogP contribution in [-0.2, 0) is 12.8 Å². The Hall–Kier alpha value is -0.640. The third-order valence-electron chi connectivity index (χ3n) is 3.54. The summed E-state index contributed by atoms with van der Waals surface area (Å²) in [7, 11) is 0. The number of rotatable bonds is 6. The van der Waals surface area contributed by atoms with E-state index < -0.39 is 0 Å². The van der Waals surface area contributed by atoms with Crippen LogP contribution in [0.1, 0.15) is 41.5 Å². The van der Waals surface area contributed by atoms with Gasteiger partial charge in [-0.1, -0.05) is 38.1 Å². The summed E-state index contributed by atoms with van der Waals surface area (Å²) in [4.78, 5) is 1.41. The monoisotopic (exact) mass is 351 g/mol. The van der Waals surface area contributed by atoms with Gasteiger partial charge in [-0.25, -0.2) is 0 Å². The Balaban J connectivity index is 2.15. The fraction of sp³-hybridized carbons (Fsp3) is 0.412. The number of likely N-dealkylation sites (N-methyl/N-ethyl adjacent to an activating group) is 1. The number of nitrogens with one attached hydrogen (secondary N) is 1. The first-order valence-corrected chi connectivity index (χ1v) is 8.82. The van der Waals surface area contributed by atoms with E-state index in [2.05, 4.69) is 72.3 Å². The molecular formula is C17H22BrNS. The molecule has 0 bridgehead atoms. The predicted octanol–water partition coefficient (Wildman–Crippen LogP) is 5.27. The van der Waals surface area contributed by atoms with Crippen molar-refractivity contribution in [3.8, 4) is 0 Å². The minimum Gasteiger partial charge on any atom is -0.309 e. The molecule has 1 aromatic carbocycles. The fourth-order valence-electron chi connectivity index (χ4n) is 2.32. The lowest BCUT2D eigenvalue weighted by Crippen LogP contribution is -2.22. The average Bonchev–Trinajstić information content (AvgIpc) is 2.79. The highest BCUT2D eigenvalue weighted by Crippen LogP contribution is 2.32. The highest BCUT2D eigenvalue weighted by atomic mass is 79.9. The quantitative estimate of drug-likeness (QED) is 0.746. The number of hydrogen-bond acceptors (Lipinski definition) is 2. The molecule has 0 saturated carbocycles. The lowest BCUT2D eigenvalue weighted by Gasteiger charge is -2.16. The van der Waals surface area contributed by atoms with Gasteiger partial charge in [0.15, 0.2) is 0 Å². The van der Waals surface area contributed by atoms with E-state index in [1.54, 1.807) is 0 Å². The summed E-state index contributed by atoms with van der Waals surface area (Å²) in [5.74, 6) is 0. The second-order valence-corrected chi connectivity index (χ2v) is 7.49. The lowest BCUT2D eigenvalue weighted by molar-refractivity contribution is 0.558. The van der Waals surface area contributed by atoms with Crippen molar-refractivity contribution in [2.75, 3.05) is 6.54 Å². The summed E-state index contributed by atoms with van der Waals surface area (Å²) < 4.78 is 1.25. The maximum Gasteiger partial charge on any atom is 0.0731 e. The number of aryl methyl sites for hydroxylation is 2. The van der Waals surface area contributed by atoms with Gasteiger partial charge in [0, 0.05) is 10.9 Å². The van der Waals surface area contributed by atoms with E-state index in [1.807, 2.05) is 11.3 Å². The van der Waals surface area contributed by atoms with E-state index >= 15 is 0 Å². The zero-order chi connectivity index (χ0) is 14.5. The zero-order valence-electron chi connectivity index (χ0n) is 12.4. The smallest absolute Gasteiger partial charge is 0.0731 e. The first kappa shape index (κ1) is 15.7. The van der Waals surface area contributed by atoms with Crippen molar-refractivity contribution in [2.45, 2.75) is 39.7 Å². The molecule has 0 spiro atoms. The van der Waals surface area contributed by atoms with Crippen molar-refractivity contribution < 1.29 is 0 Å². The summed E-state index contributed by atoms with van der Waals surface area (Å²) in [6.07, 6.45) is 2.15. The first-order valence-electron chi connectivity index (χ1n) is 7.21. The molecule has 3 heteroatoms. The van der Waals surface area contributed by atoms with E-state index in [9.17, 15) is 0 Å². The second-order valence-electron chi connectivity index (χ2n) is 5.09. The maximum atomic E-state index is 3.63. The molecule has 1 N–H and O–H groups in total. The van der Waals surface area contributed by atoms with Crippen LogP contribution in [0.15, 0.2) is 34.1 Å². The predicted molar refractivity (Wildman–Crippen MR) is 92.7 cm³/mol. The van der Waals surface area contributed by atoms with E-state index in [0.717, 1.165) is 19.4 Å². The van der Waals surface area contributed by atoms with Crippen LogP contribution in [0.2, 0.25) is 0 Å². The van der Waals surface area contributed by atoms with Crippen LogP contribution in [0.3, 0.4) is 0 Å². The van der Waals surface area contributed by atoms with Gasteiger partial charge in [-0.15, -0.1) is 11.3 Å². The third-order valence-corrected chi connectivity index (χ3v) is 5.79. The van der Waals surface area contributed by atoms with Crippen molar-refractivity contribution in [1.82, 2.24) is 5.32 Å². The molecule has 0 aliphatic carbocycles. The van der Waals surface area contributed by atoms with Gasteiger partial charge in [0.25, 0.3) is 0 Å². The Morgan fingerprint density at radius 3 is 2.30 bits per heavy atom. The average molecular weight is 352 g/mol. The van der Waals surface area contributed by atoms with Crippen molar-refractivity contribution in [1.29, 1.82) is 0 Å². The summed E-state index contributed by atoms with van der Waals surface area (Å²) >= 11 is 5.47. The first-order chi connectivity index (χ1) is 9.63. The minimum atomic E-state index is 0.405. The third kappa shape index (κ3) is 3.94. The molecule has 1 aromatic heterocycles. The molecule has 1 nitrogen and oxygen atoms in total. The summed E-state index contributed by atoms with van der Waals surface area (Å²) in [5.41, 5.74) is 4.13. The van der Waals surface area contributed by atoms with Gasteiger partial charge in [0.1, 0.15) is 0 Å². The number of benzene rings is 1. The largest absolute Gasteiger partial charge is 0.309 e. The normalized spacial score (nSPS) is 12.6. The topological polar surface area (TPSA) is 12.0 Å². The van der Waals surface area contributed by atoms with Gasteiger partial charge in [-0.2, -0.15) is 0 Å². The highest BCUT2D eigenvalue weighted by molar-refractivity contribution is 9.11. The number of hydrogen-bond donors (Lipinski definition) is 1. The minimum absolute atomic E-state index is 0.405. The molecule has 0 fully saturated rings. The molecule has 2 aromatic rings. The maximum absolute atomic E-state index is 3.63. The van der Waals surface area contributed by atoms with Gasteiger partial charge >= 0.3 is 0 Å². The second kappa shape index (κ2) is 7.39. The van der Waals surface area contributed by atoms with Crippen molar-refractivity contribution in [3.05, 3.63) is 55.7 Å². The van der Waals surface area contributed by atoms with Gasteiger partial charge in [0.2, 0.25) is 0 Å². The van der Waals surface area contributed by atoms with E-state index in [0.29, 0.717) is 6.04 Å². The van der Waals surface area contributed by atoms with Gasteiger partial charge in [-0.3, -0.25) is 0 Å². The Bertz CT molecular complexity index is 525. The molecule has 1 heterocycles. The molecule has 20 heavy (non-hydrogen) atoms. The van der Waals surface area contributed by atoms with Crippen LogP contribution in [0.5, 0.6) is 0 Å². The molecule has 0 saturated heterocycles. The van der Waals surface area contributed by atoms with Crippen LogP contribution in [0.4, 0.5) is 0 Å². The van der Waals surface area contributed by atoms with E-state index in [-0.39, 0.29) is 0 Å². The van der Waals surface area contributed by atoms with Gasteiger partial charge in [-0.05, 0) is 65.0 Å². The van der Waals surface area contributed by atoms with Gasteiger partial charge < -0.3 is 5.32 Å². The van der Waals surface area contributed by atoms with Crippen LogP contribution in [-0.4, -0.2) is 6.54 Å². The molecule has 1 atom stereocenters. The Kier molecular flexibility index (Phi) is 5.82. The van der Waals surface area contributed by atoms with E-state index in [1.165, 1.54) is 25.4 Å². The van der Waals surface area contributed by atoms with Crippen LogP contribution >= 0.6 is 27.3 Å². The number of halogens is 1. The SMILES string of the molecule is CCNC(Cc1ccc(CC)cc1)c1cc(C)c(Br)s1. The molecular weight excluding hydrogens is 330 g/mol. The Labute approximate surface area is 134 Å². The Morgan fingerprint density at radius 1 is 1.15 bits per heavy atom. The molecule has 0 radical (unpaired) electrons.